The second-order valence-corrected chi connectivity index (χ2v) is 4.48. The zero-order valence-corrected chi connectivity index (χ0v) is 8.70. The van der Waals surface area contributed by atoms with Crippen LogP contribution in [0, 0.1) is 0 Å². The molecule has 0 saturated heterocycles. The van der Waals surface area contributed by atoms with E-state index < -0.39 is 0 Å². The van der Waals surface area contributed by atoms with E-state index in [0.29, 0.717) is 5.13 Å². The van der Waals surface area contributed by atoms with Gasteiger partial charge in [-0.05, 0) is 35.2 Å². The summed E-state index contributed by atoms with van der Waals surface area (Å²) in [6, 6.07) is 2.15. The van der Waals surface area contributed by atoms with Crippen LogP contribution in [0.25, 0.3) is 0 Å². The monoisotopic (exact) mass is 210 g/mol. The van der Waals surface area contributed by atoms with Crippen LogP contribution in [0.4, 0.5) is 5.13 Å². The van der Waals surface area contributed by atoms with Crippen LogP contribution in [0.3, 0.4) is 0 Å². The quantitative estimate of drug-likeness (QED) is 0.845. The van der Waals surface area contributed by atoms with Crippen LogP contribution < -0.4 is 5.73 Å². The molecule has 2 aromatic heterocycles. The Balaban J connectivity index is 1.93. The third-order valence-corrected chi connectivity index (χ3v) is 3.27. The number of thiazole rings is 1. The standard InChI is InChI=1S/C9H10N2S2/c10-9-11-8(6-13-9)2-1-7-3-4-12-5-7/h3-6H,1-2H2,(H2,10,11). The van der Waals surface area contributed by atoms with Gasteiger partial charge in [0.2, 0.25) is 0 Å². The van der Waals surface area contributed by atoms with E-state index in [4.69, 9.17) is 5.73 Å². The Morgan fingerprint density at radius 3 is 2.85 bits per heavy atom. The molecule has 0 unspecified atom stereocenters. The molecule has 2 N–H and O–H groups in total. The summed E-state index contributed by atoms with van der Waals surface area (Å²) in [6.45, 7) is 0. The number of aromatic nitrogens is 1. The summed E-state index contributed by atoms with van der Waals surface area (Å²) in [4.78, 5) is 4.21. The fraction of sp³-hybridized carbons (Fsp3) is 0.222. The zero-order valence-electron chi connectivity index (χ0n) is 7.06. The summed E-state index contributed by atoms with van der Waals surface area (Å²) in [5.74, 6) is 0. The fourth-order valence-electron chi connectivity index (χ4n) is 1.14. The van der Waals surface area contributed by atoms with Crippen molar-refractivity contribution >= 4 is 27.8 Å². The van der Waals surface area contributed by atoms with Gasteiger partial charge in [0, 0.05) is 5.38 Å². The molecule has 2 rings (SSSR count). The zero-order chi connectivity index (χ0) is 9.10. The number of aryl methyl sites for hydroxylation is 2. The van der Waals surface area contributed by atoms with E-state index in [-0.39, 0.29) is 0 Å². The lowest BCUT2D eigenvalue weighted by atomic mass is 10.2. The lowest BCUT2D eigenvalue weighted by molar-refractivity contribution is 0.932. The van der Waals surface area contributed by atoms with Crippen LogP contribution in [0.5, 0.6) is 0 Å². The van der Waals surface area contributed by atoms with Gasteiger partial charge in [-0.25, -0.2) is 4.98 Å². The minimum absolute atomic E-state index is 0.667. The maximum atomic E-state index is 5.54. The fourth-order valence-corrected chi connectivity index (χ4v) is 2.45. The van der Waals surface area contributed by atoms with Crippen LogP contribution in [0.2, 0.25) is 0 Å². The van der Waals surface area contributed by atoms with E-state index in [0.717, 1.165) is 18.5 Å². The SMILES string of the molecule is Nc1nc(CCc2ccsc2)cs1. The summed E-state index contributed by atoms with van der Waals surface area (Å²) >= 11 is 3.25. The molecule has 0 saturated carbocycles. The first-order valence-electron chi connectivity index (χ1n) is 4.05. The maximum Gasteiger partial charge on any atom is 0.180 e. The number of anilines is 1. The van der Waals surface area contributed by atoms with Crippen LogP contribution in [0.15, 0.2) is 22.2 Å². The maximum absolute atomic E-state index is 5.54. The lowest BCUT2D eigenvalue weighted by Gasteiger charge is -1.93. The number of hydrogen-bond donors (Lipinski definition) is 1. The van der Waals surface area contributed by atoms with Crippen LogP contribution >= 0.6 is 22.7 Å². The molecule has 0 fully saturated rings. The summed E-state index contributed by atoms with van der Waals surface area (Å²) in [5.41, 5.74) is 8.03. The first kappa shape index (κ1) is 8.72. The Morgan fingerprint density at radius 2 is 2.23 bits per heavy atom. The molecule has 68 valence electrons. The van der Waals surface area contributed by atoms with Crippen LogP contribution in [0.1, 0.15) is 11.3 Å². The first-order valence-corrected chi connectivity index (χ1v) is 5.88. The van der Waals surface area contributed by atoms with Gasteiger partial charge in [-0.2, -0.15) is 11.3 Å². The van der Waals surface area contributed by atoms with Crippen molar-refractivity contribution in [1.82, 2.24) is 4.98 Å². The summed E-state index contributed by atoms with van der Waals surface area (Å²) in [7, 11) is 0. The number of thiophene rings is 1. The minimum atomic E-state index is 0.667. The topological polar surface area (TPSA) is 38.9 Å². The normalized spacial score (nSPS) is 10.5. The van der Waals surface area contributed by atoms with Crippen LogP contribution in [-0.4, -0.2) is 4.98 Å². The minimum Gasteiger partial charge on any atom is -0.375 e. The van der Waals surface area contributed by atoms with Crippen LogP contribution in [-0.2, 0) is 12.8 Å². The predicted molar refractivity (Wildman–Crippen MR) is 58.3 cm³/mol. The Bertz CT molecular complexity index is 365. The Morgan fingerprint density at radius 1 is 1.31 bits per heavy atom. The third kappa shape index (κ3) is 2.29. The number of nitrogens with zero attached hydrogens (tertiary/aromatic N) is 1. The molecular weight excluding hydrogens is 200 g/mol. The highest BCUT2D eigenvalue weighted by Gasteiger charge is 1.99. The van der Waals surface area contributed by atoms with Gasteiger partial charge in [0.15, 0.2) is 5.13 Å². The molecule has 4 heteroatoms. The van der Waals surface area contributed by atoms with Crippen molar-refractivity contribution in [3.8, 4) is 0 Å². The van der Waals surface area contributed by atoms with E-state index in [1.54, 1.807) is 11.3 Å². The lowest BCUT2D eigenvalue weighted by Crippen LogP contribution is -1.90. The van der Waals surface area contributed by atoms with Crippen molar-refractivity contribution in [3.05, 3.63) is 33.5 Å². The van der Waals surface area contributed by atoms with E-state index in [9.17, 15) is 0 Å². The molecule has 0 bridgehead atoms. The van der Waals surface area contributed by atoms with Gasteiger partial charge in [-0.3, -0.25) is 0 Å². The van der Waals surface area contributed by atoms with Crippen molar-refractivity contribution < 1.29 is 0 Å². The summed E-state index contributed by atoms with van der Waals surface area (Å²) in [6.07, 6.45) is 2.05. The molecule has 0 spiro atoms. The van der Waals surface area contributed by atoms with E-state index >= 15 is 0 Å². The summed E-state index contributed by atoms with van der Waals surface area (Å²) < 4.78 is 0. The highest BCUT2D eigenvalue weighted by atomic mass is 32.1. The predicted octanol–water partition coefficient (Wildman–Crippen LogP) is 2.57. The molecule has 0 radical (unpaired) electrons. The van der Waals surface area contributed by atoms with Gasteiger partial charge in [0.25, 0.3) is 0 Å². The van der Waals surface area contributed by atoms with Gasteiger partial charge in [0.1, 0.15) is 0 Å². The number of rotatable bonds is 3. The van der Waals surface area contributed by atoms with E-state index in [1.165, 1.54) is 16.9 Å². The average Bonchev–Trinajstić information content (AvgIpc) is 2.71. The molecule has 2 nitrogen and oxygen atoms in total. The number of nitrogens with two attached hydrogens (primary N) is 1. The molecule has 0 aliphatic rings. The molecule has 2 aromatic rings. The molecule has 0 aliphatic heterocycles. The Labute approximate surface area is 85.1 Å². The number of hydrogen-bond acceptors (Lipinski definition) is 4. The van der Waals surface area contributed by atoms with E-state index in [2.05, 4.69) is 21.8 Å². The molecule has 0 atom stereocenters. The second-order valence-electron chi connectivity index (χ2n) is 2.81. The Hall–Kier alpha value is -0.870. The summed E-state index contributed by atoms with van der Waals surface area (Å²) in [5, 5.41) is 6.97. The average molecular weight is 210 g/mol. The highest BCUT2D eigenvalue weighted by molar-refractivity contribution is 7.13. The van der Waals surface area contributed by atoms with Crippen molar-refractivity contribution in [3.63, 3.8) is 0 Å². The molecule has 13 heavy (non-hydrogen) atoms. The smallest absolute Gasteiger partial charge is 0.180 e. The van der Waals surface area contributed by atoms with Gasteiger partial charge in [0.05, 0.1) is 5.69 Å². The number of nitrogen functional groups attached to an aromatic ring is 1. The second kappa shape index (κ2) is 3.89. The van der Waals surface area contributed by atoms with Gasteiger partial charge >= 0.3 is 0 Å². The molecular formula is C9H10N2S2. The molecule has 0 aromatic carbocycles. The highest BCUT2D eigenvalue weighted by Crippen LogP contribution is 2.14. The molecule has 0 amide bonds. The molecule has 2 heterocycles. The Kier molecular flexibility index (Phi) is 2.61. The van der Waals surface area contributed by atoms with E-state index in [1.807, 2.05) is 5.38 Å². The van der Waals surface area contributed by atoms with Crippen molar-refractivity contribution in [2.45, 2.75) is 12.8 Å². The first-order chi connectivity index (χ1) is 6.34. The third-order valence-electron chi connectivity index (χ3n) is 1.82. The van der Waals surface area contributed by atoms with Gasteiger partial charge in [-0.15, -0.1) is 11.3 Å². The van der Waals surface area contributed by atoms with Crippen molar-refractivity contribution in [2.24, 2.45) is 0 Å². The molecule has 0 aliphatic carbocycles. The largest absolute Gasteiger partial charge is 0.375 e. The van der Waals surface area contributed by atoms with Gasteiger partial charge in [-0.1, -0.05) is 0 Å². The van der Waals surface area contributed by atoms with Crippen molar-refractivity contribution in [1.29, 1.82) is 0 Å². The van der Waals surface area contributed by atoms with Gasteiger partial charge < -0.3 is 5.73 Å². The van der Waals surface area contributed by atoms with Crippen molar-refractivity contribution in [2.75, 3.05) is 5.73 Å².